The number of amides is 1. The van der Waals surface area contributed by atoms with Crippen molar-refractivity contribution < 1.29 is 36.3 Å². The van der Waals surface area contributed by atoms with Gasteiger partial charge >= 0.3 is 12.1 Å². The number of sulfonamides is 1. The van der Waals surface area contributed by atoms with E-state index >= 15 is 0 Å². The van der Waals surface area contributed by atoms with Gasteiger partial charge in [-0.05, 0) is 24.1 Å². The molecular formula is C22H26F3N3O5S. The maximum absolute atomic E-state index is 13.1. The second-order valence-electron chi connectivity index (χ2n) is 7.32. The van der Waals surface area contributed by atoms with Gasteiger partial charge in [-0.1, -0.05) is 48.5 Å². The van der Waals surface area contributed by atoms with Gasteiger partial charge in [0, 0.05) is 32.7 Å². The van der Waals surface area contributed by atoms with E-state index in [0.29, 0.717) is 19.5 Å². The van der Waals surface area contributed by atoms with Crippen molar-refractivity contribution in [3.63, 3.8) is 0 Å². The number of carbonyl (C=O) groups excluding carboxylic acids is 1. The van der Waals surface area contributed by atoms with Crippen LogP contribution in [0.1, 0.15) is 5.56 Å². The Balaban J connectivity index is 0.000000509. The zero-order valence-corrected chi connectivity index (χ0v) is 19.1. The smallest absolute Gasteiger partial charge is 0.475 e. The third kappa shape index (κ3) is 8.43. The van der Waals surface area contributed by atoms with E-state index in [1.165, 1.54) is 4.31 Å². The van der Waals surface area contributed by atoms with Crippen LogP contribution < -0.4 is 5.32 Å². The van der Waals surface area contributed by atoms with Crippen LogP contribution in [0.4, 0.5) is 13.2 Å². The maximum Gasteiger partial charge on any atom is 0.490 e. The molecule has 3 rings (SSSR count). The van der Waals surface area contributed by atoms with Gasteiger partial charge in [0.1, 0.15) is 0 Å². The van der Waals surface area contributed by atoms with Crippen molar-refractivity contribution in [1.29, 1.82) is 0 Å². The summed E-state index contributed by atoms with van der Waals surface area (Å²) in [5, 5.41) is 10.3. The summed E-state index contributed by atoms with van der Waals surface area (Å²) in [5.41, 5.74) is 1.04. The highest BCUT2D eigenvalue weighted by molar-refractivity contribution is 7.89. The van der Waals surface area contributed by atoms with Gasteiger partial charge in [0.25, 0.3) is 0 Å². The number of rotatable bonds is 7. The molecule has 1 aliphatic rings. The molecule has 1 saturated heterocycles. The van der Waals surface area contributed by atoms with Crippen molar-refractivity contribution in [3.8, 4) is 0 Å². The maximum atomic E-state index is 13.1. The van der Waals surface area contributed by atoms with Crippen molar-refractivity contribution in [2.75, 3.05) is 39.3 Å². The summed E-state index contributed by atoms with van der Waals surface area (Å²) in [6, 6.07) is 18.0. The van der Waals surface area contributed by atoms with Crippen LogP contribution >= 0.6 is 0 Å². The number of aliphatic carboxylic acids is 1. The van der Waals surface area contributed by atoms with Gasteiger partial charge in [-0.3, -0.25) is 4.79 Å². The Bertz CT molecular complexity index is 1030. The molecule has 0 unspecified atom stereocenters. The summed E-state index contributed by atoms with van der Waals surface area (Å²) in [6.07, 6.45) is -4.53. The number of nitrogens with one attached hydrogen (secondary N) is 1. The van der Waals surface area contributed by atoms with Crippen LogP contribution in [-0.2, 0) is 26.0 Å². The Morgan fingerprint density at radius 1 is 0.971 bits per heavy atom. The molecule has 0 atom stereocenters. The van der Waals surface area contributed by atoms with E-state index in [1.54, 1.807) is 35.2 Å². The van der Waals surface area contributed by atoms with E-state index in [0.717, 1.165) is 18.7 Å². The predicted molar refractivity (Wildman–Crippen MR) is 118 cm³/mol. The van der Waals surface area contributed by atoms with Crippen LogP contribution in [0.15, 0.2) is 65.6 Å². The Morgan fingerprint density at radius 2 is 1.47 bits per heavy atom. The Morgan fingerprint density at radius 3 is 1.97 bits per heavy atom. The van der Waals surface area contributed by atoms with Crippen molar-refractivity contribution in [1.82, 2.24) is 14.5 Å². The number of carbonyl (C=O) groups is 2. The Hall–Kier alpha value is -2.96. The molecule has 8 nitrogen and oxygen atoms in total. The molecule has 2 aromatic rings. The molecule has 2 aromatic carbocycles. The third-order valence-corrected chi connectivity index (χ3v) is 6.76. The van der Waals surface area contributed by atoms with Gasteiger partial charge in [0.2, 0.25) is 15.9 Å². The van der Waals surface area contributed by atoms with Gasteiger partial charge in [0.05, 0.1) is 11.4 Å². The minimum atomic E-state index is -5.08. The standard InChI is InChI=1S/C20H25N3O3S.C2HF3O2/c24-20(22-15-12-21-13-16-22)17-23(14-11-18-7-3-1-4-8-18)27(25,26)19-9-5-2-6-10-19;3-2(4,5)1(6)7/h1-10,21H,11-17H2;(H,6,7). The molecule has 186 valence electrons. The molecule has 2 N–H and O–H groups in total. The lowest BCUT2D eigenvalue weighted by Gasteiger charge is -2.30. The fourth-order valence-electron chi connectivity index (χ4n) is 3.09. The molecular weight excluding hydrogens is 475 g/mol. The van der Waals surface area contributed by atoms with Gasteiger partial charge in [-0.25, -0.2) is 13.2 Å². The van der Waals surface area contributed by atoms with E-state index in [4.69, 9.17) is 9.90 Å². The van der Waals surface area contributed by atoms with Crippen LogP contribution in [-0.4, -0.2) is 80.1 Å². The highest BCUT2D eigenvalue weighted by atomic mass is 32.2. The SMILES string of the molecule is O=C(CN(CCc1ccccc1)S(=O)(=O)c1ccccc1)N1CCNCC1.O=C(O)C(F)(F)F. The van der Waals surface area contributed by atoms with Gasteiger partial charge in [-0.15, -0.1) is 0 Å². The largest absolute Gasteiger partial charge is 0.490 e. The molecule has 1 aliphatic heterocycles. The fourth-order valence-corrected chi connectivity index (χ4v) is 4.50. The third-order valence-electron chi connectivity index (χ3n) is 4.90. The molecule has 1 heterocycles. The van der Waals surface area contributed by atoms with E-state index in [-0.39, 0.29) is 23.9 Å². The highest BCUT2D eigenvalue weighted by Crippen LogP contribution is 2.17. The highest BCUT2D eigenvalue weighted by Gasteiger charge is 2.38. The van der Waals surface area contributed by atoms with Crippen LogP contribution in [0, 0.1) is 0 Å². The summed E-state index contributed by atoms with van der Waals surface area (Å²) in [6.45, 7) is 2.82. The zero-order valence-electron chi connectivity index (χ0n) is 18.2. The molecule has 0 aliphatic carbocycles. The van der Waals surface area contributed by atoms with Crippen LogP contribution in [0.2, 0.25) is 0 Å². The Kier molecular flexibility index (Phi) is 10.0. The van der Waals surface area contributed by atoms with Gasteiger partial charge < -0.3 is 15.3 Å². The summed E-state index contributed by atoms with van der Waals surface area (Å²) in [7, 11) is -3.73. The van der Waals surface area contributed by atoms with Crippen molar-refractivity contribution >= 4 is 21.9 Å². The molecule has 0 bridgehead atoms. The number of alkyl halides is 3. The second-order valence-corrected chi connectivity index (χ2v) is 9.26. The normalized spacial score (nSPS) is 14.3. The first kappa shape index (κ1) is 27.3. The molecule has 1 fully saturated rings. The zero-order chi connectivity index (χ0) is 25.2. The lowest BCUT2D eigenvalue weighted by Crippen LogP contribution is -2.50. The number of piperazine rings is 1. The number of halogens is 3. The monoisotopic (exact) mass is 501 g/mol. The topological polar surface area (TPSA) is 107 Å². The van der Waals surface area contributed by atoms with E-state index in [2.05, 4.69) is 5.32 Å². The summed E-state index contributed by atoms with van der Waals surface area (Å²) in [4.78, 5) is 23.5. The first-order valence-corrected chi connectivity index (χ1v) is 11.8. The molecule has 0 radical (unpaired) electrons. The Labute approximate surface area is 196 Å². The number of hydrogen-bond donors (Lipinski definition) is 2. The second kappa shape index (κ2) is 12.5. The number of benzene rings is 2. The number of hydrogen-bond acceptors (Lipinski definition) is 5. The molecule has 0 aromatic heterocycles. The minimum Gasteiger partial charge on any atom is -0.475 e. The van der Waals surface area contributed by atoms with Crippen molar-refractivity contribution in [3.05, 3.63) is 66.2 Å². The average Bonchev–Trinajstić information content (AvgIpc) is 2.83. The fraction of sp³-hybridized carbons (Fsp3) is 0.364. The minimum absolute atomic E-state index is 0.135. The summed E-state index contributed by atoms with van der Waals surface area (Å²) >= 11 is 0. The molecule has 1 amide bonds. The van der Waals surface area contributed by atoms with E-state index < -0.39 is 22.2 Å². The van der Waals surface area contributed by atoms with Crippen LogP contribution in [0.25, 0.3) is 0 Å². The lowest BCUT2D eigenvalue weighted by molar-refractivity contribution is -0.192. The molecule has 34 heavy (non-hydrogen) atoms. The lowest BCUT2D eigenvalue weighted by atomic mass is 10.1. The average molecular weight is 502 g/mol. The van der Waals surface area contributed by atoms with E-state index in [9.17, 15) is 26.4 Å². The van der Waals surface area contributed by atoms with Crippen molar-refractivity contribution in [2.24, 2.45) is 0 Å². The summed E-state index contributed by atoms with van der Waals surface area (Å²) < 4.78 is 59.3. The van der Waals surface area contributed by atoms with Crippen molar-refractivity contribution in [2.45, 2.75) is 17.5 Å². The summed E-state index contributed by atoms with van der Waals surface area (Å²) in [5.74, 6) is -2.91. The molecule has 0 spiro atoms. The number of nitrogens with zero attached hydrogens (tertiary/aromatic N) is 2. The number of carboxylic acids is 1. The van der Waals surface area contributed by atoms with Gasteiger partial charge in [-0.2, -0.15) is 17.5 Å². The van der Waals surface area contributed by atoms with E-state index in [1.807, 2.05) is 30.3 Å². The first-order valence-electron chi connectivity index (χ1n) is 10.4. The quantitative estimate of drug-likeness (QED) is 0.601. The molecule has 0 saturated carbocycles. The van der Waals surface area contributed by atoms with Crippen LogP contribution in [0.5, 0.6) is 0 Å². The van der Waals surface area contributed by atoms with Crippen LogP contribution in [0.3, 0.4) is 0 Å². The predicted octanol–water partition coefficient (Wildman–Crippen LogP) is 1.99. The first-order chi connectivity index (χ1) is 16.0. The number of carboxylic acid groups (broad SMARTS) is 1. The molecule has 12 heteroatoms. The van der Waals surface area contributed by atoms with Gasteiger partial charge in [0.15, 0.2) is 0 Å².